The molecule has 88 valence electrons. The minimum absolute atomic E-state index is 0.156. The van der Waals surface area contributed by atoms with Crippen LogP contribution in [-0.4, -0.2) is 29.3 Å². The van der Waals surface area contributed by atoms with Crippen molar-refractivity contribution < 1.29 is 32.6 Å². The zero-order chi connectivity index (χ0) is 12.2. The van der Waals surface area contributed by atoms with Gasteiger partial charge in [0.05, 0.1) is 5.92 Å². The molecule has 0 spiro atoms. The Kier molecular flexibility index (Phi) is 4.57. The van der Waals surface area contributed by atoms with Crippen LogP contribution in [-0.2, 0) is 14.3 Å². The molecule has 0 aliphatic carbocycles. The minimum atomic E-state index is -5.04. The fourth-order valence-corrected chi connectivity index (χ4v) is 0.896. The van der Waals surface area contributed by atoms with E-state index in [4.69, 9.17) is 5.11 Å². The minimum Gasteiger partial charge on any atom is -0.481 e. The Hall–Kier alpha value is -1.27. The number of alkyl halides is 3. The van der Waals surface area contributed by atoms with Crippen LogP contribution in [0.25, 0.3) is 0 Å². The van der Waals surface area contributed by atoms with Crippen molar-refractivity contribution in [2.75, 3.05) is 0 Å². The van der Waals surface area contributed by atoms with Gasteiger partial charge in [-0.2, -0.15) is 13.2 Å². The molecule has 0 saturated carbocycles. The van der Waals surface area contributed by atoms with Gasteiger partial charge >= 0.3 is 18.1 Å². The fourth-order valence-electron chi connectivity index (χ4n) is 0.896. The van der Waals surface area contributed by atoms with Gasteiger partial charge in [0.15, 0.2) is 0 Å². The number of ether oxygens (including phenoxy) is 1. The number of carboxylic acid groups (broad SMARTS) is 1. The normalized spacial score (nSPS) is 15.5. The third-order valence-electron chi connectivity index (χ3n) is 1.65. The number of halogens is 3. The van der Waals surface area contributed by atoms with E-state index in [-0.39, 0.29) is 6.42 Å². The summed E-state index contributed by atoms with van der Waals surface area (Å²) in [6, 6.07) is 0. The SMILES string of the molecule is CC(CC(C)C(=O)O)OC(=O)C(F)(F)F. The molecule has 15 heavy (non-hydrogen) atoms. The van der Waals surface area contributed by atoms with Crippen LogP contribution >= 0.6 is 0 Å². The van der Waals surface area contributed by atoms with Gasteiger partial charge in [-0.25, -0.2) is 4.79 Å². The van der Waals surface area contributed by atoms with Crippen LogP contribution in [0.5, 0.6) is 0 Å². The lowest BCUT2D eigenvalue weighted by molar-refractivity contribution is -0.204. The summed E-state index contributed by atoms with van der Waals surface area (Å²) in [4.78, 5) is 20.7. The lowest BCUT2D eigenvalue weighted by atomic mass is 10.1. The molecule has 0 aromatic heterocycles. The first-order chi connectivity index (χ1) is 6.64. The molecule has 0 aromatic carbocycles. The van der Waals surface area contributed by atoms with Crippen LogP contribution in [0.3, 0.4) is 0 Å². The summed E-state index contributed by atoms with van der Waals surface area (Å²) in [5.74, 6) is -4.31. The molecule has 0 heterocycles. The molecule has 0 radical (unpaired) electrons. The van der Waals surface area contributed by atoms with E-state index in [1.165, 1.54) is 13.8 Å². The second kappa shape index (κ2) is 4.99. The van der Waals surface area contributed by atoms with Gasteiger partial charge in [-0.05, 0) is 13.3 Å². The summed E-state index contributed by atoms with van der Waals surface area (Å²) >= 11 is 0. The summed E-state index contributed by atoms with van der Waals surface area (Å²) in [6.07, 6.45) is -6.28. The number of hydrogen-bond acceptors (Lipinski definition) is 3. The molecule has 0 aliphatic heterocycles. The molecule has 1 N–H and O–H groups in total. The van der Waals surface area contributed by atoms with Crippen molar-refractivity contribution in [2.45, 2.75) is 32.5 Å². The first-order valence-corrected chi connectivity index (χ1v) is 4.15. The van der Waals surface area contributed by atoms with Gasteiger partial charge in [0, 0.05) is 0 Å². The predicted octanol–water partition coefficient (Wildman–Crippen LogP) is 1.59. The van der Waals surface area contributed by atoms with Gasteiger partial charge in [-0.15, -0.1) is 0 Å². The Morgan fingerprint density at radius 2 is 1.80 bits per heavy atom. The van der Waals surface area contributed by atoms with E-state index in [0.29, 0.717) is 0 Å². The van der Waals surface area contributed by atoms with E-state index in [9.17, 15) is 22.8 Å². The average molecular weight is 228 g/mol. The van der Waals surface area contributed by atoms with E-state index in [1.807, 2.05) is 0 Å². The number of carboxylic acids is 1. The third-order valence-corrected chi connectivity index (χ3v) is 1.65. The lowest BCUT2D eigenvalue weighted by Gasteiger charge is -2.16. The number of rotatable bonds is 4. The number of carbonyl (C=O) groups excluding carboxylic acids is 1. The van der Waals surface area contributed by atoms with Crippen molar-refractivity contribution in [3.8, 4) is 0 Å². The monoisotopic (exact) mass is 228 g/mol. The Balaban J connectivity index is 4.10. The molecule has 0 fully saturated rings. The quantitative estimate of drug-likeness (QED) is 0.742. The van der Waals surface area contributed by atoms with Crippen LogP contribution in [0.1, 0.15) is 20.3 Å². The van der Waals surface area contributed by atoms with Crippen molar-refractivity contribution in [1.82, 2.24) is 0 Å². The van der Waals surface area contributed by atoms with Crippen molar-refractivity contribution in [3.63, 3.8) is 0 Å². The fraction of sp³-hybridized carbons (Fsp3) is 0.750. The number of hydrogen-bond donors (Lipinski definition) is 1. The number of aliphatic carboxylic acids is 1. The summed E-state index contributed by atoms with van der Waals surface area (Å²) < 4.78 is 39.2. The lowest BCUT2D eigenvalue weighted by Crippen LogP contribution is -2.30. The standard InChI is InChI=1S/C8H11F3O4/c1-4(6(12)13)3-5(2)15-7(14)8(9,10)11/h4-5H,3H2,1-2H3,(H,12,13). The van der Waals surface area contributed by atoms with Gasteiger partial charge < -0.3 is 9.84 Å². The van der Waals surface area contributed by atoms with Crippen LogP contribution in [0.15, 0.2) is 0 Å². The number of carbonyl (C=O) groups is 2. The molecule has 0 bridgehead atoms. The summed E-state index contributed by atoms with van der Waals surface area (Å²) in [5, 5.41) is 8.46. The zero-order valence-electron chi connectivity index (χ0n) is 8.17. The molecule has 4 nitrogen and oxygen atoms in total. The Morgan fingerprint density at radius 1 is 1.33 bits per heavy atom. The highest BCUT2D eigenvalue weighted by atomic mass is 19.4. The van der Waals surface area contributed by atoms with Gasteiger partial charge in [0.2, 0.25) is 0 Å². The van der Waals surface area contributed by atoms with Crippen molar-refractivity contribution in [3.05, 3.63) is 0 Å². The summed E-state index contributed by atoms with van der Waals surface area (Å²) in [6.45, 7) is 2.53. The Bertz CT molecular complexity index is 249. The molecule has 7 heteroatoms. The average Bonchev–Trinajstić information content (AvgIpc) is 2.01. The van der Waals surface area contributed by atoms with Gasteiger partial charge in [0.1, 0.15) is 6.10 Å². The largest absolute Gasteiger partial charge is 0.490 e. The van der Waals surface area contributed by atoms with Crippen molar-refractivity contribution in [2.24, 2.45) is 5.92 Å². The Labute approximate surface area is 84.0 Å². The van der Waals surface area contributed by atoms with Crippen LogP contribution < -0.4 is 0 Å². The van der Waals surface area contributed by atoms with Crippen LogP contribution in [0.4, 0.5) is 13.2 Å². The predicted molar refractivity (Wildman–Crippen MR) is 43.0 cm³/mol. The van der Waals surface area contributed by atoms with Gasteiger partial charge in [-0.3, -0.25) is 4.79 Å². The van der Waals surface area contributed by atoms with Gasteiger partial charge in [-0.1, -0.05) is 6.92 Å². The third kappa shape index (κ3) is 5.24. The molecule has 0 aliphatic rings. The first kappa shape index (κ1) is 13.7. The summed E-state index contributed by atoms with van der Waals surface area (Å²) in [7, 11) is 0. The van der Waals surface area contributed by atoms with Crippen molar-refractivity contribution in [1.29, 1.82) is 0 Å². The topological polar surface area (TPSA) is 63.6 Å². The van der Waals surface area contributed by atoms with E-state index in [1.54, 1.807) is 0 Å². The second-order valence-electron chi connectivity index (χ2n) is 3.19. The molecule has 0 amide bonds. The second-order valence-corrected chi connectivity index (χ2v) is 3.19. The highest BCUT2D eigenvalue weighted by molar-refractivity contribution is 5.75. The molecular formula is C8H11F3O4. The van der Waals surface area contributed by atoms with Gasteiger partial charge in [0.25, 0.3) is 0 Å². The maximum atomic E-state index is 11.7. The summed E-state index contributed by atoms with van der Waals surface area (Å²) in [5.41, 5.74) is 0. The van der Waals surface area contributed by atoms with E-state index in [0.717, 1.165) is 0 Å². The molecule has 0 saturated heterocycles. The highest BCUT2D eigenvalue weighted by Crippen LogP contribution is 2.19. The Morgan fingerprint density at radius 3 is 2.13 bits per heavy atom. The number of esters is 1. The zero-order valence-corrected chi connectivity index (χ0v) is 8.17. The molecule has 2 unspecified atom stereocenters. The maximum Gasteiger partial charge on any atom is 0.490 e. The van der Waals surface area contributed by atoms with E-state index in [2.05, 4.69) is 4.74 Å². The maximum absolute atomic E-state index is 11.7. The smallest absolute Gasteiger partial charge is 0.481 e. The molecule has 0 rings (SSSR count). The van der Waals surface area contributed by atoms with Crippen LogP contribution in [0, 0.1) is 5.92 Å². The highest BCUT2D eigenvalue weighted by Gasteiger charge is 2.41. The van der Waals surface area contributed by atoms with Crippen LogP contribution in [0.2, 0.25) is 0 Å². The first-order valence-electron chi connectivity index (χ1n) is 4.15. The molecule has 0 aromatic rings. The van der Waals surface area contributed by atoms with E-state index >= 15 is 0 Å². The molecule has 2 atom stereocenters. The van der Waals surface area contributed by atoms with Crippen molar-refractivity contribution >= 4 is 11.9 Å². The van der Waals surface area contributed by atoms with E-state index < -0.39 is 30.1 Å². The molecular weight excluding hydrogens is 217 g/mol.